The molecule has 4 nitrogen and oxygen atoms in total. The number of thiocarbonyl (C=S) groups is 1. The molecule has 1 aliphatic heterocycles. The van der Waals surface area contributed by atoms with Crippen LogP contribution in [0.15, 0.2) is 60.0 Å². The monoisotopic (exact) mass is 445 g/mol. The maximum absolute atomic E-state index is 12.6. The second-order valence-electron chi connectivity index (χ2n) is 6.28. The van der Waals surface area contributed by atoms with Crippen LogP contribution in [-0.2, 0) is 4.79 Å². The molecule has 1 fully saturated rings. The molecule has 1 aliphatic rings. The fourth-order valence-corrected chi connectivity index (χ4v) is 4.15. The number of amides is 1. The highest BCUT2D eigenvalue weighted by molar-refractivity contribution is 8.26. The smallest absolute Gasteiger partial charge is 0.266 e. The number of benzene rings is 2. The van der Waals surface area contributed by atoms with Gasteiger partial charge in [-0.05, 0) is 48.9 Å². The molecule has 0 bridgehead atoms. The van der Waals surface area contributed by atoms with Crippen molar-refractivity contribution in [3.05, 3.63) is 76.2 Å². The second kappa shape index (κ2) is 9.96. The quantitative estimate of drug-likeness (QED) is 0.232. The lowest BCUT2D eigenvalue weighted by molar-refractivity contribution is -0.121. The summed E-state index contributed by atoms with van der Waals surface area (Å²) in [6.45, 7) is 6.82. The number of hydrogen-bond acceptors (Lipinski definition) is 5. The van der Waals surface area contributed by atoms with Gasteiger partial charge in [0.15, 0.2) is 0 Å². The Labute approximate surface area is 185 Å². The lowest BCUT2D eigenvalue weighted by atomic mass is 10.2. The lowest BCUT2D eigenvalue weighted by Gasteiger charge is -2.12. The number of hydrogen-bond donors (Lipinski definition) is 0. The number of thioether (sulfide) groups is 1. The van der Waals surface area contributed by atoms with Crippen molar-refractivity contribution in [1.82, 2.24) is 4.90 Å². The summed E-state index contributed by atoms with van der Waals surface area (Å²) in [5, 5.41) is 0.557. The first kappa shape index (κ1) is 21.4. The number of aryl methyl sites for hydroxylation is 1. The minimum Gasteiger partial charge on any atom is -0.490 e. The van der Waals surface area contributed by atoms with Crippen LogP contribution in [0.2, 0.25) is 5.02 Å². The van der Waals surface area contributed by atoms with Crippen LogP contribution in [0.4, 0.5) is 0 Å². The lowest BCUT2D eigenvalue weighted by Crippen LogP contribution is -2.27. The summed E-state index contributed by atoms with van der Waals surface area (Å²) < 4.78 is 12.1. The summed E-state index contributed by atoms with van der Waals surface area (Å²) in [5.74, 6) is 1.28. The molecule has 0 unspecified atom stereocenters. The molecule has 1 heterocycles. The Kier molecular flexibility index (Phi) is 7.36. The Morgan fingerprint density at radius 2 is 2.00 bits per heavy atom. The molecule has 0 aromatic heterocycles. The number of ether oxygens (including phenoxy) is 2. The van der Waals surface area contributed by atoms with Gasteiger partial charge in [0.1, 0.15) is 29.0 Å². The predicted molar refractivity (Wildman–Crippen MR) is 124 cm³/mol. The van der Waals surface area contributed by atoms with E-state index in [1.54, 1.807) is 30.4 Å². The van der Waals surface area contributed by atoms with Gasteiger partial charge in [0.25, 0.3) is 5.91 Å². The van der Waals surface area contributed by atoms with Crippen LogP contribution in [0, 0.1) is 6.92 Å². The van der Waals surface area contributed by atoms with Gasteiger partial charge in [-0.3, -0.25) is 9.69 Å². The maximum atomic E-state index is 12.6. The molecule has 0 N–H and O–H groups in total. The molecule has 0 spiro atoms. The molecular weight excluding hydrogens is 426 g/mol. The van der Waals surface area contributed by atoms with E-state index >= 15 is 0 Å². The zero-order valence-electron chi connectivity index (χ0n) is 15.9. The van der Waals surface area contributed by atoms with Crippen LogP contribution in [0.25, 0.3) is 6.08 Å². The summed E-state index contributed by atoms with van der Waals surface area (Å²) in [4.78, 5) is 14.6. The van der Waals surface area contributed by atoms with Crippen molar-refractivity contribution in [3.8, 4) is 11.5 Å². The molecule has 2 aromatic carbocycles. The van der Waals surface area contributed by atoms with E-state index in [1.165, 1.54) is 16.7 Å². The van der Waals surface area contributed by atoms with Gasteiger partial charge in [-0.2, -0.15) is 0 Å². The van der Waals surface area contributed by atoms with Crippen LogP contribution in [-0.4, -0.2) is 34.9 Å². The molecule has 3 rings (SSSR count). The fourth-order valence-electron chi connectivity index (χ4n) is 2.71. The van der Waals surface area contributed by atoms with E-state index in [0.717, 1.165) is 11.3 Å². The average Bonchev–Trinajstić information content (AvgIpc) is 2.94. The molecule has 0 atom stereocenters. The van der Waals surface area contributed by atoms with Crippen molar-refractivity contribution in [1.29, 1.82) is 0 Å². The zero-order chi connectivity index (χ0) is 20.8. The van der Waals surface area contributed by atoms with Crippen molar-refractivity contribution in [2.45, 2.75) is 6.92 Å². The third kappa shape index (κ3) is 5.63. The van der Waals surface area contributed by atoms with E-state index in [2.05, 4.69) is 6.58 Å². The molecule has 1 amide bonds. The van der Waals surface area contributed by atoms with Crippen molar-refractivity contribution in [2.24, 2.45) is 0 Å². The summed E-state index contributed by atoms with van der Waals surface area (Å²) in [7, 11) is 0. The molecule has 0 aliphatic carbocycles. The normalized spacial score (nSPS) is 15.1. The van der Waals surface area contributed by atoms with Crippen molar-refractivity contribution in [2.75, 3.05) is 19.8 Å². The van der Waals surface area contributed by atoms with E-state index < -0.39 is 0 Å². The molecule has 0 radical (unpaired) electrons. The van der Waals surface area contributed by atoms with Gasteiger partial charge in [0.2, 0.25) is 0 Å². The number of carbonyl (C=O) groups is 1. The molecule has 150 valence electrons. The van der Waals surface area contributed by atoms with E-state index in [4.69, 9.17) is 33.3 Å². The van der Waals surface area contributed by atoms with Crippen LogP contribution < -0.4 is 9.47 Å². The van der Waals surface area contributed by atoms with Crippen molar-refractivity contribution < 1.29 is 14.3 Å². The van der Waals surface area contributed by atoms with Gasteiger partial charge in [-0.1, -0.05) is 53.8 Å². The van der Waals surface area contributed by atoms with Gasteiger partial charge in [-0.15, -0.1) is 6.58 Å². The molecule has 29 heavy (non-hydrogen) atoms. The number of rotatable bonds is 8. The standard InChI is InChI=1S/C22H20ClNO3S2/c1-3-9-24-21(25)20(29-22(24)28)14-16-13-17(23)7-8-19(16)27-11-10-26-18-6-4-5-15(2)12-18/h3-8,12-14H,1,9-11H2,2H3. The van der Waals surface area contributed by atoms with Crippen LogP contribution in [0.3, 0.4) is 0 Å². The fraction of sp³-hybridized carbons (Fsp3) is 0.182. The van der Waals surface area contributed by atoms with Gasteiger partial charge in [0.05, 0.1) is 4.91 Å². The first-order valence-electron chi connectivity index (χ1n) is 8.96. The Morgan fingerprint density at radius 1 is 1.21 bits per heavy atom. The molecule has 2 aromatic rings. The van der Waals surface area contributed by atoms with Gasteiger partial charge in [0, 0.05) is 17.1 Å². The molecule has 0 saturated carbocycles. The number of halogens is 1. The SMILES string of the molecule is C=CCN1C(=O)C(=Cc2cc(Cl)ccc2OCCOc2cccc(C)c2)SC1=S. The minimum absolute atomic E-state index is 0.145. The number of nitrogens with zero attached hydrogens (tertiary/aromatic N) is 1. The summed E-state index contributed by atoms with van der Waals surface area (Å²) in [6.07, 6.45) is 3.40. The van der Waals surface area contributed by atoms with Crippen LogP contribution >= 0.6 is 35.6 Å². The van der Waals surface area contributed by atoms with Crippen molar-refractivity contribution in [3.63, 3.8) is 0 Å². The minimum atomic E-state index is -0.145. The van der Waals surface area contributed by atoms with Crippen molar-refractivity contribution >= 4 is 51.9 Å². The third-order valence-corrected chi connectivity index (χ3v) is 5.66. The summed E-state index contributed by atoms with van der Waals surface area (Å²) in [5.41, 5.74) is 1.85. The summed E-state index contributed by atoms with van der Waals surface area (Å²) in [6, 6.07) is 13.1. The number of carbonyl (C=O) groups excluding carboxylic acids is 1. The second-order valence-corrected chi connectivity index (χ2v) is 8.39. The highest BCUT2D eigenvalue weighted by Gasteiger charge is 2.31. The predicted octanol–water partition coefficient (Wildman–Crippen LogP) is 5.49. The van der Waals surface area contributed by atoms with Gasteiger partial charge < -0.3 is 9.47 Å². The first-order chi connectivity index (χ1) is 14.0. The topological polar surface area (TPSA) is 38.8 Å². The van der Waals surface area contributed by atoms with E-state index in [0.29, 0.717) is 45.3 Å². The van der Waals surface area contributed by atoms with Gasteiger partial charge in [-0.25, -0.2) is 0 Å². The van der Waals surface area contributed by atoms with E-state index in [-0.39, 0.29) is 5.91 Å². The van der Waals surface area contributed by atoms with E-state index in [9.17, 15) is 4.79 Å². The van der Waals surface area contributed by atoms with Crippen LogP contribution in [0.5, 0.6) is 11.5 Å². The highest BCUT2D eigenvalue weighted by Crippen LogP contribution is 2.35. The molecule has 7 heteroatoms. The van der Waals surface area contributed by atoms with E-state index in [1.807, 2.05) is 31.2 Å². The highest BCUT2D eigenvalue weighted by atomic mass is 35.5. The molecular formula is C22H20ClNO3S2. The third-order valence-electron chi connectivity index (χ3n) is 4.04. The maximum Gasteiger partial charge on any atom is 0.266 e. The Bertz CT molecular complexity index is 974. The Hall–Kier alpha value is -2.28. The first-order valence-corrected chi connectivity index (χ1v) is 10.6. The average molecular weight is 446 g/mol. The molecule has 1 saturated heterocycles. The largest absolute Gasteiger partial charge is 0.490 e. The van der Waals surface area contributed by atoms with Gasteiger partial charge >= 0.3 is 0 Å². The zero-order valence-corrected chi connectivity index (χ0v) is 18.3. The summed E-state index contributed by atoms with van der Waals surface area (Å²) >= 11 is 12.7. The Balaban J connectivity index is 1.69. The van der Waals surface area contributed by atoms with Crippen LogP contribution in [0.1, 0.15) is 11.1 Å². The Morgan fingerprint density at radius 3 is 2.76 bits per heavy atom.